The van der Waals surface area contributed by atoms with Crippen molar-refractivity contribution in [3.8, 4) is 17.3 Å². The van der Waals surface area contributed by atoms with Crippen LogP contribution < -0.4 is 10.5 Å². The van der Waals surface area contributed by atoms with Crippen LogP contribution in [0.25, 0.3) is 33.5 Å². The predicted molar refractivity (Wildman–Crippen MR) is 173 cm³/mol. The van der Waals surface area contributed by atoms with Crippen LogP contribution >= 0.6 is 0 Å². The van der Waals surface area contributed by atoms with E-state index in [1.807, 2.05) is 24.1 Å². The van der Waals surface area contributed by atoms with E-state index in [0.29, 0.717) is 48.3 Å². The minimum absolute atomic E-state index is 0.0153. The summed E-state index contributed by atoms with van der Waals surface area (Å²) in [5.74, 6) is 1.51. The molecule has 240 valence electrons. The Kier molecular flexibility index (Phi) is 6.86. The van der Waals surface area contributed by atoms with Crippen LogP contribution in [0.5, 0.6) is 5.75 Å². The number of likely N-dealkylation sites (tertiary alicyclic amines) is 2. The topological polar surface area (TPSA) is 136 Å². The molecule has 4 aromatic rings. The minimum atomic E-state index is -0.953. The number of carbonyl (C=O) groups excluding carboxylic acids is 2. The van der Waals surface area contributed by atoms with Crippen molar-refractivity contribution in [1.82, 2.24) is 23.9 Å². The van der Waals surface area contributed by atoms with Crippen LogP contribution in [0.15, 0.2) is 36.4 Å². The highest BCUT2D eigenvalue weighted by molar-refractivity contribution is 6.00. The molecule has 2 aromatic carbocycles. The summed E-state index contributed by atoms with van der Waals surface area (Å²) in [6.45, 7) is 2.76. The molecule has 2 aliphatic carbocycles. The number of methoxy groups -OCH3 is 1. The zero-order valence-electron chi connectivity index (χ0n) is 26.3. The number of nitrogens with two attached hydrogens (primary N) is 1. The van der Waals surface area contributed by atoms with Crippen LogP contribution in [0.3, 0.4) is 0 Å². The summed E-state index contributed by atoms with van der Waals surface area (Å²) in [7, 11) is 3.63. The van der Waals surface area contributed by atoms with E-state index >= 15 is 0 Å². The fourth-order valence-corrected chi connectivity index (χ4v) is 8.13. The molecule has 0 spiro atoms. The van der Waals surface area contributed by atoms with Crippen molar-refractivity contribution in [3.63, 3.8) is 0 Å². The van der Waals surface area contributed by atoms with Crippen molar-refractivity contribution < 1.29 is 24.2 Å². The number of imidazole rings is 1. The summed E-state index contributed by atoms with van der Waals surface area (Å²) in [6.07, 6.45) is 4.32. The van der Waals surface area contributed by atoms with Crippen molar-refractivity contribution in [3.05, 3.63) is 47.5 Å². The van der Waals surface area contributed by atoms with Crippen molar-refractivity contribution >= 4 is 39.7 Å². The molecular formula is C35H40N6O5. The Bertz CT molecular complexity index is 1900. The van der Waals surface area contributed by atoms with Gasteiger partial charge < -0.3 is 34.5 Å². The second-order valence-corrected chi connectivity index (χ2v) is 13.7. The van der Waals surface area contributed by atoms with Gasteiger partial charge in [0.25, 0.3) is 5.91 Å². The van der Waals surface area contributed by atoms with Crippen LogP contribution in [-0.2, 0) is 23.2 Å². The number of para-hydroxylation sites is 1. The molecule has 11 nitrogen and oxygen atoms in total. The van der Waals surface area contributed by atoms with Crippen molar-refractivity contribution in [1.29, 1.82) is 0 Å². The Labute approximate surface area is 266 Å². The lowest BCUT2D eigenvalue weighted by Crippen LogP contribution is -2.48. The maximum atomic E-state index is 13.7. The monoisotopic (exact) mass is 624 g/mol. The number of rotatable bonds is 9. The molecule has 2 bridgehead atoms. The van der Waals surface area contributed by atoms with Gasteiger partial charge in [-0.2, -0.15) is 0 Å². The average Bonchev–Trinajstić information content (AvgIpc) is 3.41. The highest BCUT2D eigenvalue weighted by atomic mass is 16.5. The third-order valence-corrected chi connectivity index (χ3v) is 10.9. The predicted octanol–water partition coefficient (Wildman–Crippen LogP) is 3.97. The van der Waals surface area contributed by atoms with Gasteiger partial charge in [0.15, 0.2) is 5.82 Å². The van der Waals surface area contributed by atoms with Crippen molar-refractivity contribution in [2.75, 3.05) is 26.7 Å². The number of aryl methyl sites for hydroxylation is 1. The second-order valence-electron chi connectivity index (χ2n) is 13.7. The molecule has 4 fully saturated rings. The molecule has 2 aliphatic heterocycles. The normalized spacial score (nSPS) is 22.6. The van der Waals surface area contributed by atoms with Gasteiger partial charge in [0.1, 0.15) is 11.3 Å². The van der Waals surface area contributed by atoms with E-state index in [1.165, 1.54) is 23.9 Å². The molecule has 0 unspecified atom stereocenters. The molecule has 8 rings (SSSR count). The van der Waals surface area contributed by atoms with Crippen molar-refractivity contribution in [2.24, 2.45) is 24.6 Å². The van der Waals surface area contributed by atoms with Crippen molar-refractivity contribution in [2.45, 2.75) is 63.1 Å². The van der Waals surface area contributed by atoms with Gasteiger partial charge in [-0.25, -0.2) is 4.98 Å². The molecule has 4 heterocycles. The fraction of sp³-hybridized carbons (Fsp3) is 0.486. The Balaban J connectivity index is 1.16. The van der Waals surface area contributed by atoms with Gasteiger partial charge in [-0.15, -0.1) is 0 Å². The molecule has 4 aliphatic rings. The molecule has 2 aromatic heterocycles. The van der Waals surface area contributed by atoms with Crippen LogP contribution in [0.2, 0.25) is 0 Å². The fourth-order valence-electron chi connectivity index (χ4n) is 8.13. The van der Waals surface area contributed by atoms with Gasteiger partial charge in [-0.3, -0.25) is 14.4 Å². The number of carbonyl (C=O) groups is 3. The van der Waals surface area contributed by atoms with E-state index in [1.54, 1.807) is 12.0 Å². The zero-order valence-corrected chi connectivity index (χ0v) is 26.3. The van der Waals surface area contributed by atoms with E-state index in [2.05, 4.69) is 33.4 Å². The quantitative estimate of drug-likeness (QED) is 0.288. The van der Waals surface area contributed by atoms with Crippen LogP contribution in [0.4, 0.5) is 0 Å². The summed E-state index contributed by atoms with van der Waals surface area (Å²) in [4.78, 5) is 46.1. The first-order valence-corrected chi connectivity index (χ1v) is 16.4. The molecular weight excluding hydrogens is 584 g/mol. The van der Waals surface area contributed by atoms with E-state index in [0.717, 1.165) is 41.8 Å². The number of benzene rings is 2. The number of hydrogen-bond acceptors (Lipinski definition) is 6. The van der Waals surface area contributed by atoms with Crippen LogP contribution in [0, 0.1) is 11.8 Å². The molecule has 2 saturated carbocycles. The third-order valence-electron chi connectivity index (χ3n) is 10.9. The maximum absolute atomic E-state index is 13.7. The van der Waals surface area contributed by atoms with Gasteiger partial charge >= 0.3 is 5.97 Å². The largest absolute Gasteiger partial charge is 0.494 e. The van der Waals surface area contributed by atoms with Gasteiger partial charge in [0.05, 0.1) is 30.3 Å². The number of carboxylic acid groups (broad SMARTS) is 1. The number of aliphatic carboxylic acids is 1. The number of amides is 2. The Morgan fingerprint density at radius 2 is 1.83 bits per heavy atom. The second kappa shape index (κ2) is 10.9. The lowest BCUT2D eigenvalue weighted by atomic mass is 9.89. The van der Waals surface area contributed by atoms with Gasteiger partial charge in [-0.1, -0.05) is 18.2 Å². The molecule has 3 N–H and O–H groups in total. The number of hydrogen-bond donors (Lipinski definition) is 2. The summed E-state index contributed by atoms with van der Waals surface area (Å²) in [6, 6.07) is 12.4. The lowest BCUT2D eigenvalue weighted by molar-refractivity contribution is -0.142. The van der Waals surface area contributed by atoms with Crippen LogP contribution in [-0.4, -0.2) is 85.6 Å². The maximum Gasteiger partial charge on any atom is 0.303 e. The van der Waals surface area contributed by atoms with E-state index in [4.69, 9.17) is 20.6 Å². The Hall–Kier alpha value is -4.38. The zero-order chi connectivity index (χ0) is 31.9. The van der Waals surface area contributed by atoms with E-state index < -0.39 is 5.97 Å². The van der Waals surface area contributed by atoms with Gasteiger partial charge in [0, 0.05) is 68.6 Å². The van der Waals surface area contributed by atoms with Gasteiger partial charge in [-0.05, 0) is 61.3 Å². The number of nitrogens with zero attached hydrogens (tertiary/aromatic N) is 5. The molecule has 46 heavy (non-hydrogen) atoms. The number of aromatic nitrogens is 3. The number of fused-ring (bicyclic) bond motifs is 4. The molecule has 0 radical (unpaired) electrons. The number of piperidine rings is 1. The molecule has 2 amide bonds. The summed E-state index contributed by atoms with van der Waals surface area (Å²) in [5.41, 5.74) is 11.9. The molecule has 2 saturated heterocycles. The smallest absolute Gasteiger partial charge is 0.303 e. The molecule has 3 atom stereocenters. The van der Waals surface area contributed by atoms with E-state index in [-0.39, 0.29) is 42.7 Å². The van der Waals surface area contributed by atoms with Crippen LogP contribution in [0.1, 0.15) is 60.4 Å². The van der Waals surface area contributed by atoms with Gasteiger partial charge in [0.2, 0.25) is 5.91 Å². The highest BCUT2D eigenvalue weighted by Crippen LogP contribution is 2.42. The Morgan fingerprint density at radius 1 is 1.02 bits per heavy atom. The SMILES string of the molecule is COc1cc(C(=O)N2C[C@H]3CC[C@@H]2[C@@H]3N)cc2nc(-c3cc4cccc(C5CN(C(=O)CCC(=O)O)C5)c4n3CC3CC3)n(C)c12. The average molecular weight is 625 g/mol. The van der Waals surface area contributed by atoms with E-state index in [9.17, 15) is 14.4 Å². The minimum Gasteiger partial charge on any atom is -0.494 e. The first kappa shape index (κ1) is 29.1. The first-order valence-electron chi connectivity index (χ1n) is 16.4. The third kappa shape index (κ3) is 4.66. The molecule has 11 heteroatoms. The Morgan fingerprint density at radius 3 is 2.50 bits per heavy atom. The highest BCUT2D eigenvalue weighted by Gasteiger charge is 2.47. The summed E-state index contributed by atoms with van der Waals surface area (Å²) < 4.78 is 10.3. The standard InChI is InChI=1S/C35H40N6O5/c1-38-33-25(12-22(14-28(33)46-2)35(45)41-18-21-8-9-26(41)31(21)36)37-34(38)27-13-20-4-3-5-24(32(20)40(27)15-19-6-7-19)23-16-39(17-23)29(42)10-11-30(43)44/h3-5,12-14,19,21,23,26,31H,6-11,15-18,36H2,1-2H3,(H,43,44)/t21-,26-,31-/m1/s1. The number of ether oxygens (including phenoxy) is 1. The lowest BCUT2D eigenvalue weighted by Gasteiger charge is -2.40. The summed E-state index contributed by atoms with van der Waals surface area (Å²) >= 11 is 0. The first-order chi connectivity index (χ1) is 22.2. The summed E-state index contributed by atoms with van der Waals surface area (Å²) in [5, 5.41) is 10.1. The number of carboxylic acids is 1.